The average molecular weight is 288 g/mol. The van der Waals surface area contributed by atoms with Crippen molar-refractivity contribution in [2.45, 2.75) is 13.8 Å². The molecule has 0 atom stereocenters. The van der Waals surface area contributed by atoms with Crippen molar-refractivity contribution in [1.29, 1.82) is 0 Å². The van der Waals surface area contributed by atoms with E-state index >= 15 is 0 Å². The Morgan fingerprint density at radius 3 is 2.45 bits per heavy atom. The van der Waals surface area contributed by atoms with Gasteiger partial charge in [-0.15, -0.1) is 11.3 Å². The minimum Gasteiger partial charge on any atom is -0.507 e. The summed E-state index contributed by atoms with van der Waals surface area (Å²) in [5, 5.41) is 25.1. The minimum atomic E-state index is 0.128. The lowest BCUT2D eigenvalue weighted by Gasteiger charge is -2.04. The summed E-state index contributed by atoms with van der Waals surface area (Å²) in [6, 6.07) is 5.18. The average Bonchev–Trinajstić information content (AvgIpc) is 3.03. The second-order valence-electron chi connectivity index (χ2n) is 4.52. The number of aromatic nitrogens is 2. The second-order valence-corrected chi connectivity index (χ2v) is 5.43. The molecule has 0 unspecified atom stereocenters. The Bertz CT molecular complexity index is 753. The third kappa shape index (κ3) is 2.04. The van der Waals surface area contributed by atoms with E-state index in [4.69, 9.17) is 4.52 Å². The Hall–Kier alpha value is -2.34. The lowest BCUT2D eigenvalue weighted by atomic mass is 10.1. The first-order chi connectivity index (χ1) is 9.56. The van der Waals surface area contributed by atoms with Crippen molar-refractivity contribution < 1.29 is 14.7 Å². The van der Waals surface area contributed by atoms with Gasteiger partial charge in [-0.2, -0.15) is 4.98 Å². The number of nitrogens with zero attached hydrogens (tertiary/aromatic N) is 2. The maximum absolute atomic E-state index is 9.77. The van der Waals surface area contributed by atoms with Crippen LogP contribution in [0.5, 0.6) is 11.5 Å². The lowest BCUT2D eigenvalue weighted by molar-refractivity contribution is 0.427. The van der Waals surface area contributed by atoms with Crippen molar-refractivity contribution in [3.05, 3.63) is 34.7 Å². The number of hydrogen-bond donors (Lipinski definition) is 2. The van der Waals surface area contributed by atoms with Crippen LogP contribution in [0.15, 0.2) is 28.1 Å². The Balaban J connectivity index is 2.05. The van der Waals surface area contributed by atoms with E-state index in [0.29, 0.717) is 10.7 Å². The molecule has 1 aromatic carbocycles. The molecule has 102 valence electrons. The summed E-state index contributed by atoms with van der Waals surface area (Å²) < 4.78 is 5.18. The van der Waals surface area contributed by atoms with Crippen LogP contribution < -0.4 is 0 Å². The summed E-state index contributed by atoms with van der Waals surface area (Å²) in [7, 11) is 0. The zero-order valence-corrected chi connectivity index (χ0v) is 11.7. The predicted octanol–water partition coefficient (Wildman–Crippen LogP) is 3.49. The summed E-state index contributed by atoms with van der Waals surface area (Å²) in [5.41, 5.74) is 2.28. The van der Waals surface area contributed by atoms with Gasteiger partial charge in [0.15, 0.2) is 0 Å². The molecule has 3 aromatic rings. The molecule has 0 bridgehead atoms. The van der Waals surface area contributed by atoms with Gasteiger partial charge in [0.05, 0.1) is 0 Å². The second kappa shape index (κ2) is 4.64. The third-order valence-corrected chi connectivity index (χ3v) is 3.91. The van der Waals surface area contributed by atoms with Crippen molar-refractivity contribution in [3.63, 3.8) is 0 Å². The molecule has 20 heavy (non-hydrogen) atoms. The van der Waals surface area contributed by atoms with Crippen molar-refractivity contribution in [2.75, 3.05) is 0 Å². The number of phenols is 1. The summed E-state index contributed by atoms with van der Waals surface area (Å²) in [4.78, 5) is 4.84. The number of thiophene rings is 1. The summed E-state index contributed by atoms with van der Waals surface area (Å²) in [6.45, 7) is 3.63. The molecule has 5 nitrogen and oxygen atoms in total. The molecule has 0 saturated heterocycles. The summed E-state index contributed by atoms with van der Waals surface area (Å²) in [5.74, 6) is 1.12. The van der Waals surface area contributed by atoms with Gasteiger partial charge in [0.2, 0.25) is 5.82 Å². The van der Waals surface area contributed by atoms with Gasteiger partial charge in [0, 0.05) is 5.56 Å². The number of benzene rings is 1. The fourth-order valence-corrected chi connectivity index (χ4v) is 2.69. The molecule has 2 N–H and O–H groups in total. The van der Waals surface area contributed by atoms with Crippen LogP contribution in [-0.4, -0.2) is 20.4 Å². The Labute approximate surface area is 119 Å². The topological polar surface area (TPSA) is 79.4 Å². The number of phenolic OH excluding ortho intramolecular Hbond substituents is 1. The first kappa shape index (κ1) is 12.7. The number of rotatable bonds is 2. The third-order valence-electron chi connectivity index (χ3n) is 3.01. The lowest BCUT2D eigenvalue weighted by Crippen LogP contribution is -1.86. The van der Waals surface area contributed by atoms with E-state index in [1.807, 2.05) is 13.8 Å². The van der Waals surface area contributed by atoms with Crippen LogP contribution in [-0.2, 0) is 0 Å². The van der Waals surface area contributed by atoms with Crippen LogP contribution in [0, 0.1) is 13.8 Å². The van der Waals surface area contributed by atoms with Gasteiger partial charge >= 0.3 is 0 Å². The van der Waals surface area contributed by atoms with E-state index in [1.165, 1.54) is 11.3 Å². The highest BCUT2D eigenvalue weighted by molar-refractivity contribution is 7.13. The molecule has 0 amide bonds. The van der Waals surface area contributed by atoms with E-state index in [-0.39, 0.29) is 17.4 Å². The number of hydrogen-bond acceptors (Lipinski definition) is 6. The molecule has 2 aromatic heterocycles. The largest absolute Gasteiger partial charge is 0.507 e. The smallest absolute Gasteiger partial charge is 0.272 e. The Morgan fingerprint density at radius 2 is 1.85 bits per heavy atom. The highest BCUT2D eigenvalue weighted by Crippen LogP contribution is 2.35. The van der Waals surface area contributed by atoms with Crippen molar-refractivity contribution in [2.24, 2.45) is 0 Å². The SMILES string of the molecule is Cc1cc(-c2noc(-c3sccc3O)n2)cc(C)c1O. The fraction of sp³-hybridized carbons (Fsp3) is 0.143. The monoisotopic (exact) mass is 288 g/mol. The molecule has 0 aliphatic heterocycles. The molecule has 2 heterocycles. The van der Waals surface area contributed by atoms with Crippen LogP contribution in [0.25, 0.3) is 22.2 Å². The van der Waals surface area contributed by atoms with Gasteiger partial charge < -0.3 is 14.7 Å². The summed E-state index contributed by atoms with van der Waals surface area (Å²) >= 11 is 1.33. The van der Waals surface area contributed by atoms with E-state index in [1.54, 1.807) is 23.6 Å². The molecule has 6 heteroatoms. The van der Waals surface area contributed by atoms with E-state index in [2.05, 4.69) is 10.1 Å². The highest BCUT2D eigenvalue weighted by atomic mass is 32.1. The number of aromatic hydroxyl groups is 2. The first-order valence-corrected chi connectivity index (χ1v) is 6.85. The van der Waals surface area contributed by atoms with Crippen LogP contribution in [0.2, 0.25) is 0 Å². The minimum absolute atomic E-state index is 0.128. The molecule has 0 aliphatic rings. The molecular weight excluding hydrogens is 276 g/mol. The first-order valence-electron chi connectivity index (χ1n) is 5.97. The van der Waals surface area contributed by atoms with Gasteiger partial charge in [0.1, 0.15) is 16.4 Å². The molecule has 0 fully saturated rings. The molecular formula is C14H12N2O3S. The van der Waals surface area contributed by atoms with Crippen LogP contribution >= 0.6 is 11.3 Å². The van der Waals surface area contributed by atoms with Crippen LogP contribution in [0.4, 0.5) is 0 Å². The van der Waals surface area contributed by atoms with Crippen molar-refractivity contribution in [1.82, 2.24) is 10.1 Å². The maximum atomic E-state index is 9.77. The Morgan fingerprint density at radius 1 is 1.15 bits per heavy atom. The van der Waals surface area contributed by atoms with Crippen LogP contribution in [0.1, 0.15) is 11.1 Å². The zero-order chi connectivity index (χ0) is 14.3. The van der Waals surface area contributed by atoms with Gasteiger partial charge in [-0.3, -0.25) is 0 Å². The van der Waals surface area contributed by atoms with E-state index in [0.717, 1.165) is 16.7 Å². The van der Waals surface area contributed by atoms with Crippen molar-refractivity contribution >= 4 is 11.3 Å². The molecule has 0 aliphatic carbocycles. The van der Waals surface area contributed by atoms with E-state index < -0.39 is 0 Å². The normalized spacial score (nSPS) is 10.9. The van der Waals surface area contributed by atoms with E-state index in [9.17, 15) is 10.2 Å². The number of aryl methyl sites for hydroxylation is 2. The highest BCUT2D eigenvalue weighted by Gasteiger charge is 2.16. The standard InChI is InChI=1S/C14H12N2O3S/c1-7-5-9(6-8(2)11(7)18)13-15-14(19-16-13)12-10(17)3-4-20-12/h3-6,17-18H,1-2H3. The van der Waals surface area contributed by atoms with Crippen molar-refractivity contribution in [3.8, 4) is 33.7 Å². The molecule has 0 spiro atoms. The van der Waals surface area contributed by atoms with Gasteiger partial charge in [-0.25, -0.2) is 0 Å². The summed E-state index contributed by atoms with van der Waals surface area (Å²) in [6.07, 6.45) is 0. The predicted molar refractivity (Wildman–Crippen MR) is 75.9 cm³/mol. The molecule has 3 rings (SSSR count). The zero-order valence-electron chi connectivity index (χ0n) is 10.9. The maximum Gasteiger partial charge on any atom is 0.272 e. The quantitative estimate of drug-likeness (QED) is 0.754. The van der Waals surface area contributed by atoms with Crippen LogP contribution in [0.3, 0.4) is 0 Å². The van der Waals surface area contributed by atoms with Gasteiger partial charge in [0.25, 0.3) is 5.89 Å². The molecule has 0 radical (unpaired) electrons. The van der Waals surface area contributed by atoms with Gasteiger partial charge in [-0.05, 0) is 48.6 Å². The fourth-order valence-electron chi connectivity index (χ4n) is 1.98. The van der Waals surface area contributed by atoms with Gasteiger partial charge in [-0.1, -0.05) is 5.16 Å². The Kier molecular flexibility index (Phi) is 2.94. The molecule has 0 saturated carbocycles.